The van der Waals surface area contributed by atoms with Gasteiger partial charge in [-0.25, -0.2) is 0 Å². The second-order valence-electron chi connectivity index (χ2n) is 5.77. The molecule has 0 spiro atoms. The van der Waals surface area contributed by atoms with Crippen LogP contribution in [-0.4, -0.2) is 38.0 Å². The Kier molecular flexibility index (Phi) is 6.96. The Morgan fingerprint density at radius 3 is 2.35 bits per heavy atom. The summed E-state index contributed by atoms with van der Waals surface area (Å²) < 4.78 is 0. The highest BCUT2D eigenvalue weighted by Crippen LogP contribution is 2.44. The van der Waals surface area contributed by atoms with Gasteiger partial charge in [0.25, 0.3) is 0 Å². The molecule has 0 saturated carbocycles. The average Bonchev–Trinajstić information content (AvgIpc) is 2.52. The van der Waals surface area contributed by atoms with Gasteiger partial charge in [0, 0.05) is 12.1 Å². The van der Waals surface area contributed by atoms with Crippen LogP contribution in [0.5, 0.6) is 23.0 Å². The van der Waals surface area contributed by atoms with Gasteiger partial charge in [-0.15, -0.1) is 0 Å². The molecule has 1 rings (SSSR count). The number of phenols is 4. The van der Waals surface area contributed by atoms with Crippen molar-refractivity contribution in [2.24, 2.45) is 17.6 Å². The summed E-state index contributed by atoms with van der Waals surface area (Å²) in [5.41, 5.74) is 5.81. The highest BCUT2D eigenvalue weighted by molar-refractivity contribution is 5.70. The molecule has 7 heteroatoms. The van der Waals surface area contributed by atoms with Gasteiger partial charge < -0.3 is 31.3 Å². The number of carboxylic acids is 1. The Balaban J connectivity index is 2.63. The number of carbonyl (C=O) groups is 1. The molecule has 7 nitrogen and oxygen atoms in total. The van der Waals surface area contributed by atoms with Crippen LogP contribution in [0.1, 0.15) is 38.2 Å². The Hall–Kier alpha value is -2.15. The van der Waals surface area contributed by atoms with Crippen LogP contribution in [-0.2, 0) is 11.2 Å². The maximum Gasteiger partial charge on any atom is 0.307 e. The first-order chi connectivity index (χ1) is 10.8. The first-order valence-corrected chi connectivity index (χ1v) is 7.70. The van der Waals surface area contributed by atoms with Gasteiger partial charge >= 0.3 is 5.97 Å². The van der Waals surface area contributed by atoms with Gasteiger partial charge in [-0.05, 0) is 31.2 Å². The molecule has 130 valence electrons. The van der Waals surface area contributed by atoms with E-state index in [-0.39, 0.29) is 12.5 Å². The molecule has 0 aliphatic carbocycles. The van der Waals surface area contributed by atoms with Crippen LogP contribution in [0.4, 0.5) is 0 Å². The number of nitrogens with two attached hydrogens (primary N) is 1. The van der Waals surface area contributed by atoms with Crippen molar-refractivity contribution >= 4 is 5.97 Å². The largest absolute Gasteiger partial charge is 0.504 e. The Morgan fingerprint density at radius 2 is 1.83 bits per heavy atom. The summed E-state index contributed by atoms with van der Waals surface area (Å²) in [6.07, 6.45) is 3.10. The maximum atomic E-state index is 11.0. The third-order valence-corrected chi connectivity index (χ3v) is 4.19. The number of benzene rings is 1. The molecular weight excluding hydrogens is 302 g/mol. The monoisotopic (exact) mass is 327 g/mol. The van der Waals surface area contributed by atoms with Crippen molar-refractivity contribution in [2.45, 2.75) is 39.0 Å². The molecule has 0 bridgehead atoms. The second-order valence-corrected chi connectivity index (χ2v) is 5.77. The van der Waals surface area contributed by atoms with Gasteiger partial charge in [-0.2, -0.15) is 0 Å². The molecule has 0 saturated heterocycles. The number of carboxylic acid groups (broad SMARTS) is 1. The lowest BCUT2D eigenvalue weighted by Gasteiger charge is -2.19. The topological polar surface area (TPSA) is 144 Å². The van der Waals surface area contributed by atoms with Gasteiger partial charge in [0.1, 0.15) is 0 Å². The van der Waals surface area contributed by atoms with Crippen molar-refractivity contribution in [1.82, 2.24) is 0 Å². The third-order valence-electron chi connectivity index (χ3n) is 4.19. The zero-order chi connectivity index (χ0) is 17.6. The molecule has 2 unspecified atom stereocenters. The summed E-state index contributed by atoms with van der Waals surface area (Å²) in [5, 5.41) is 47.1. The highest BCUT2D eigenvalue weighted by atomic mass is 16.4. The van der Waals surface area contributed by atoms with E-state index in [9.17, 15) is 25.2 Å². The number of aryl methyl sites for hydroxylation is 1. The lowest BCUT2D eigenvalue weighted by atomic mass is 9.88. The first kappa shape index (κ1) is 18.9. The number of hydrogen-bond acceptors (Lipinski definition) is 6. The quantitative estimate of drug-likeness (QED) is 0.300. The fraction of sp³-hybridized carbons (Fsp3) is 0.562. The Bertz CT molecular complexity index is 546. The lowest BCUT2D eigenvalue weighted by molar-refractivity contribution is -0.142. The molecule has 1 aromatic carbocycles. The molecule has 0 radical (unpaired) electrons. The average molecular weight is 327 g/mol. The lowest BCUT2D eigenvalue weighted by Crippen LogP contribution is -2.25. The van der Waals surface area contributed by atoms with Crippen molar-refractivity contribution in [3.8, 4) is 23.0 Å². The standard InChI is InChI=1S/C16H25NO6/c1-2-9(6-11(8-17)16(22)23)4-3-5-10-7-12(18)14(20)15(21)13(10)19/h7,9,11,18-21H,2-6,8,17H2,1H3,(H,22,23). The van der Waals surface area contributed by atoms with Crippen molar-refractivity contribution < 1.29 is 30.3 Å². The summed E-state index contributed by atoms with van der Waals surface area (Å²) in [6.45, 7) is 2.09. The fourth-order valence-corrected chi connectivity index (χ4v) is 2.65. The van der Waals surface area contributed by atoms with Gasteiger partial charge in [0.2, 0.25) is 11.5 Å². The van der Waals surface area contributed by atoms with E-state index in [1.54, 1.807) is 0 Å². The van der Waals surface area contributed by atoms with Crippen molar-refractivity contribution in [3.63, 3.8) is 0 Å². The van der Waals surface area contributed by atoms with E-state index in [1.807, 2.05) is 6.92 Å². The van der Waals surface area contributed by atoms with Crippen LogP contribution in [0.25, 0.3) is 0 Å². The van der Waals surface area contributed by atoms with E-state index >= 15 is 0 Å². The van der Waals surface area contributed by atoms with Crippen LogP contribution < -0.4 is 5.73 Å². The Morgan fingerprint density at radius 1 is 1.17 bits per heavy atom. The Labute approximate surface area is 135 Å². The van der Waals surface area contributed by atoms with Crippen molar-refractivity contribution in [1.29, 1.82) is 0 Å². The van der Waals surface area contributed by atoms with E-state index in [4.69, 9.17) is 10.8 Å². The molecule has 0 aromatic heterocycles. The molecule has 0 amide bonds. The van der Waals surface area contributed by atoms with Crippen LogP contribution in [0, 0.1) is 11.8 Å². The highest BCUT2D eigenvalue weighted by Gasteiger charge is 2.21. The normalized spacial score (nSPS) is 13.7. The number of rotatable bonds is 9. The van der Waals surface area contributed by atoms with Crippen molar-refractivity contribution in [3.05, 3.63) is 11.6 Å². The molecule has 0 fully saturated rings. The summed E-state index contributed by atoms with van der Waals surface area (Å²) in [5.74, 6) is -3.67. The molecule has 0 aliphatic heterocycles. The second kappa shape index (κ2) is 8.47. The minimum Gasteiger partial charge on any atom is -0.504 e. The summed E-state index contributed by atoms with van der Waals surface area (Å²) >= 11 is 0. The summed E-state index contributed by atoms with van der Waals surface area (Å²) in [7, 11) is 0. The van der Waals surface area contributed by atoms with Crippen LogP contribution in [0.3, 0.4) is 0 Å². The SMILES string of the molecule is CCC(CCCc1cc(O)c(O)c(O)c1O)CC(CN)C(=O)O. The number of phenolic OH excluding ortho intramolecular Hbond substituents is 4. The minimum absolute atomic E-state index is 0.104. The summed E-state index contributed by atoms with van der Waals surface area (Å²) in [6, 6.07) is 1.21. The molecule has 2 atom stereocenters. The maximum absolute atomic E-state index is 11.0. The van der Waals surface area contributed by atoms with Crippen LogP contribution in [0.15, 0.2) is 6.07 Å². The van der Waals surface area contributed by atoms with Gasteiger partial charge in [-0.1, -0.05) is 19.8 Å². The fourth-order valence-electron chi connectivity index (χ4n) is 2.65. The molecule has 23 heavy (non-hydrogen) atoms. The number of hydrogen-bond donors (Lipinski definition) is 6. The molecule has 0 heterocycles. The zero-order valence-corrected chi connectivity index (χ0v) is 13.2. The molecule has 1 aromatic rings. The smallest absolute Gasteiger partial charge is 0.307 e. The van der Waals surface area contributed by atoms with Gasteiger partial charge in [0.15, 0.2) is 11.5 Å². The van der Waals surface area contributed by atoms with Gasteiger partial charge in [-0.3, -0.25) is 4.79 Å². The van der Waals surface area contributed by atoms with E-state index < -0.39 is 34.9 Å². The van der Waals surface area contributed by atoms with Crippen LogP contribution in [0.2, 0.25) is 0 Å². The molecule has 7 N–H and O–H groups in total. The van der Waals surface area contributed by atoms with E-state index in [1.165, 1.54) is 6.07 Å². The minimum atomic E-state index is -0.892. The summed E-state index contributed by atoms with van der Waals surface area (Å²) in [4.78, 5) is 11.0. The first-order valence-electron chi connectivity index (χ1n) is 7.70. The van der Waals surface area contributed by atoms with Crippen molar-refractivity contribution in [2.75, 3.05) is 6.54 Å². The molecular formula is C16H25NO6. The third kappa shape index (κ3) is 4.92. The van der Waals surface area contributed by atoms with E-state index in [0.29, 0.717) is 24.8 Å². The number of aliphatic carboxylic acids is 1. The predicted molar refractivity (Wildman–Crippen MR) is 84.6 cm³/mol. The van der Waals surface area contributed by atoms with Gasteiger partial charge in [0.05, 0.1) is 5.92 Å². The zero-order valence-electron chi connectivity index (χ0n) is 13.2. The van der Waals surface area contributed by atoms with E-state index in [2.05, 4.69) is 0 Å². The predicted octanol–water partition coefficient (Wildman–Crippen LogP) is 1.91. The van der Waals surface area contributed by atoms with Crippen LogP contribution >= 0.6 is 0 Å². The number of aromatic hydroxyl groups is 4. The molecule has 0 aliphatic rings. The van der Waals surface area contributed by atoms with E-state index in [0.717, 1.165) is 12.8 Å².